The summed E-state index contributed by atoms with van der Waals surface area (Å²) in [5, 5.41) is 8.23. The Kier molecular flexibility index (Phi) is 4.44. The summed E-state index contributed by atoms with van der Waals surface area (Å²) < 4.78 is 10.9. The zero-order chi connectivity index (χ0) is 15.4. The molecule has 0 aliphatic heterocycles. The molecule has 0 radical (unpaired) electrons. The van der Waals surface area contributed by atoms with Gasteiger partial charge in [-0.25, -0.2) is 0 Å². The van der Waals surface area contributed by atoms with Crippen LogP contribution in [0.15, 0.2) is 57.8 Å². The van der Waals surface area contributed by atoms with E-state index in [-0.39, 0.29) is 0 Å². The van der Waals surface area contributed by atoms with Gasteiger partial charge in [-0.2, -0.15) is 0 Å². The van der Waals surface area contributed by atoms with Crippen LogP contribution >= 0.6 is 11.8 Å². The molecule has 0 aliphatic carbocycles. The molecule has 2 aromatic carbocycles. The predicted molar refractivity (Wildman–Crippen MR) is 87.0 cm³/mol. The average Bonchev–Trinajstić information content (AvgIpc) is 3.02. The Morgan fingerprint density at radius 3 is 2.64 bits per heavy atom. The molecule has 0 amide bonds. The van der Waals surface area contributed by atoms with Gasteiger partial charge in [0.2, 0.25) is 11.8 Å². The molecule has 0 saturated heterocycles. The van der Waals surface area contributed by atoms with Crippen LogP contribution in [-0.2, 0) is 5.75 Å². The molecule has 3 rings (SSSR count). The molecule has 0 spiro atoms. The van der Waals surface area contributed by atoms with Gasteiger partial charge < -0.3 is 9.15 Å². The highest BCUT2D eigenvalue weighted by atomic mass is 32.2. The molecule has 0 aliphatic rings. The monoisotopic (exact) mass is 312 g/mol. The normalized spacial score (nSPS) is 10.6. The number of rotatable bonds is 5. The number of nitrogens with zero attached hydrogens (tertiary/aromatic N) is 2. The van der Waals surface area contributed by atoms with E-state index in [4.69, 9.17) is 9.15 Å². The summed E-state index contributed by atoms with van der Waals surface area (Å²) in [6.45, 7) is 2.04. The molecule has 22 heavy (non-hydrogen) atoms. The first-order valence-electron chi connectivity index (χ1n) is 6.91. The number of aromatic nitrogens is 2. The van der Waals surface area contributed by atoms with Crippen LogP contribution in [0.3, 0.4) is 0 Å². The largest absolute Gasteiger partial charge is 0.497 e. The van der Waals surface area contributed by atoms with Crippen molar-refractivity contribution in [2.45, 2.75) is 17.6 Å². The van der Waals surface area contributed by atoms with Gasteiger partial charge >= 0.3 is 0 Å². The van der Waals surface area contributed by atoms with Crippen LogP contribution in [0.2, 0.25) is 0 Å². The van der Waals surface area contributed by atoms with Crippen molar-refractivity contribution < 1.29 is 9.15 Å². The van der Waals surface area contributed by atoms with Crippen molar-refractivity contribution in [3.8, 4) is 17.2 Å². The molecule has 0 unspecified atom stereocenters. The predicted octanol–water partition coefficient (Wildman–Crippen LogP) is 4.35. The molecule has 1 heterocycles. The molecule has 0 fully saturated rings. The van der Waals surface area contributed by atoms with E-state index in [1.165, 1.54) is 5.56 Å². The number of aryl methyl sites for hydroxylation is 1. The van der Waals surface area contributed by atoms with Crippen molar-refractivity contribution >= 4 is 11.8 Å². The fourth-order valence-electron chi connectivity index (χ4n) is 2.02. The topological polar surface area (TPSA) is 48.2 Å². The van der Waals surface area contributed by atoms with Crippen molar-refractivity contribution in [2.75, 3.05) is 7.11 Å². The fourth-order valence-corrected chi connectivity index (χ4v) is 2.76. The summed E-state index contributed by atoms with van der Waals surface area (Å²) in [5.41, 5.74) is 2.12. The summed E-state index contributed by atoms with van der Waals surface area (Å²) in [5.74, 6) is 2.68. The van der Waals surface area contributed by atoms with E-state index >= 15 is 0 Å². The summed E-state index contributed by atoms with van der Waals surface area (Å²) in [4.78, 5) is 1.14. The fraction of sp³-hybridized carbons (Fsp3) is 0.176. The SMILES string of the molecule is COc1ccc(SCc2nnc(-c3cccc(C)c3)o2)cc1. The average molecular weight is 312 g/mol. The third-order valence-electron chi connectivity index (χ3n) is 3.15. The van der Waals surface area contributed by atoms with Crippen molar-refractivity contribution in [1.82, 2.24) is 10.2 Å². The minimum absolute atomic E-state index is 0.564. The number of methoxy groups -OCH3 is 1. The zero-order valence-electron chi connectivity index (χ0n) is 12.4. The Balaban J connectivity index is 1.66. The van der Waals surface area contributed by atoms with Gasteiger partial charge in [0.05, 0.1) is 12.9 Å². The van der Waals surface area contributed by atoms with Crippen molar-refractivity contribution in [3.05, 3.63) is 60.0 Å². The summed E-state index contributed by atoms with van der Waals surface area (Å²) in [6.07, 6.45) is 0. The van der Waals surface area contributed by atoms with Gasteiger partial charge in [-0.3, -0.25) is 0 Å². The second-order valence-electron chi connectivity index (χ2n) is 4.83. The second-order valence-corrected chi connectivity index (χ2v) is 5.88. The van der Waals surface area contributed by atoms with Crippen LogP contribution in [-0.4, -0.2) is 17.3 Å². The minimum atomic E-state index is 0.564. The lowest BCUT2D eigenvalue weighted by Gasteiger charge is -2.01. The molecule has 5 heteroatoms. The molecule has 112 valence electrons. The van der Waals surface area contributed by atoms with Gasteiger partial charge in [0.1, 0.15) is 5.75 Å². The Morgan fingerprint density at radius 1 is 1.09 bits per heavy atom. The van der Waals surface area contributed by atoms with Gasteiger partial charge in [-0.05, 0) is 43.3 Å². The van der Waals surface area contributed by atoms with E-state index in [2.05, 4.69) is 10.2 Å². The second kappa shape index (κ2) is 6.66. The van der Waals surface area contributed by atoms with E-state index in [9.17, 15) is 0 Å². The van der Waals surface area contributed by atoms with Gasteiger partial charge in [0.15, 0.2) is 0 Å². The zero-order valence-corrected chi connectivity index (χ0v) is 13.3. The maximum Gasteiger partial charge on any atom is 0.247 e. The van der Waals surface area contributed by atoms with Crippen LogP contribution in [0, 0.1) is 6.92 Å². The number of thioether (sulfide) groups is 1. The quantitative estimate of drug-likeness (QED) is 0.656. The third-order valence-corrected chi connectivity index (χ3v) is 4.15. The number of benzene rings is 2. The van der Waals surface area contributed by atoms with Gasteiger partial charge in [0, 0.05) is 10.5 Å². The molecule has 0 saturated carbocycles. The number of ether oxygens (including phenoxy) is 1. The molecular weight excluding hydrogens is 296 g/mol. The van der Waals surface area contributed by atoms with E-state index in [0.29, 0.717) is 17.5 Å². The summed E-state index contributed by atoms with van der Waals surface area (Å²) in [7, 11) is 1.66. The van der Waals surface area contributed by atoms with Crippen molar-refractivity contribution in [3.63, 3.8) is 0 Å². The molecule has 3 aromatic rings. The highest BCUT2D eigenvalue weighted by Crippen LogP contribution is 2.26. The van der Waals surface area contributed by atoms with Crippen LogP contribution in [0.4, 0.5) is 0 Å². The standard InChI is InChI=1S/C17H16N2O2S/c1-12-4-3-5-13(10-12)17-19-18-16(21-17)11-22-15-8-6-14(20-2)7-9-15/h3-10H,11H2,1-2H3. The third kappa shape index (κ3) is 3.49. The Hall–Kier alpha value is -2.27. The molecule has 1 aromatic heterocycles. The van der Waals surface area contributed by atoms with Crippen LogP contribution in [0.5, 0.6) is 5.75 Å². The first-order chi connectivity index (χ1) is 10.7. The number of hydrogen-bond donors (Lipinski definition) is 0. The van der Waals surface area contributed by atoms with E-state index in [1.54, 1.807) is 18.9 Å². The highest BCUT2D eigenvalue weighted by Gasteiger charge is 2.09. The van der Waals surface area contributed by atoms with Crippen LogP contribution in [0.1, 0.15) is 11.5 Å². The lowest BCUT2D eigenvalue weighted by atomic mass is 10.1. The smallest absolute Gasteiger partial charge is 0.247 e. The van der Waals surface area contributed by atoms with Crippen molar-refractivity contribution in [1.29, 1.82) is 0 Å². The Bertz CT molecular complexity index is 753. The van der Waals surface area contributed by atoms with Crippen LogP contribution in [0.25, 0.3) is 11.5 Å². The summed E-state index contributed by atoms with van der Waals surface area (Å²) in [6, 6.07) is 15.9. The molecule has 4 nitrogen and oxygen atoms in total. The lowest BCUT2D eigenvalue weighted by Crippen LogP contribution is -1.83. The van der Waals surface area contributed by atoms with Gasteiger partial charge in [-0.15, -0.1) is 22.0 Å². The van der Waals surface area contributed by atoms with Crippen molar-refractivity contribution in [2.24, 2.45) is 0 Å². The van der Waals surface area contributed by atoms with Gasteiger partial charge in [-0.1, -0.05) is 17.7 Å². The van der Waals surface area contributed by atoms with Crippen LogP contribution < -0.4 is 4.74 Å². The molecule has 0 N–H and O–H groups in total. The maximum atomic E-state index is 5.72. The minimum Gasteiger partial charge on any atom is -0.497 e. The highest BCUT2D eigenvalue weighted by molar-refractivity contribution is 7.98. The molecular formula is C17H16N2O2S. The van der Waals surface area contributed by atoms with E-state index < -0.39 is 0 Å². The van der Waals surface area contributed by atoms with E-state index in [1.807, 2.05) is 55.5 Å². The van der Waals surface area contributed by atoms with E-state index in [0.717, 1.165) is 16.2 Å². The Labute approximate surface area is 133 Å². The molecule has 0 bridgehead atoms. The molecule has 0 atom stereocenters. The lowest BCUT2D eigenvalue weighted by molar-refractivity contribution is 0.414. The first-order valence-corrected chi connectivity index (χ1v) is 7.89. The van der Waals surface area contributed by atoms with Gasteiger partial charge in [0.25, 0.3) is 0 Å². The summed E-state index contributed by atoms with van der Waals surface area (Å²) >= 11 is 1.65. The Morgan fingerprint density at radius 2 is 1.91 bits per heavy atom. The maximum absolute atomic E-state index is 5.72. The number of hydrogen-bond acceptors (Lipinski definition) is 5. The first kappa shape index (κ1) is 14.7.